The molecule has 0 fully saturated rings. The van der Waals surface area contributed by atoms with E-state index in [1.165, 1.54) is 231 Å². The Bertz CT molecular complexity index is 500. The van der Waals surface area contributed by atoms with E-state index in [-0.39, 0.29) is 17.0 Å². The molecule has 0 saturated carbocycles. The lowest BCUT2D eigenvalue weighted by atomic mass is 10.0. The Morgan fingerprint density at radius 1 is 0.188 bits per heavy atom. The maximum Gasteiger partial charge on any atom is 0.0594 e. The standard InChI is InChI=1S/C46H96P.BrH/c1-5-9-13-15-17-19-21-23-25-27-29-31-33-35-37-41-45-47(43-39-11-7-3,44-40-12-8-4)46-42-38-36-34-32-30-28-26-24-22-20-18-16-14-10-6-2;/h5-46H2,1-4H3;1H/q+1;/p-1. The van der Waals surface area contributed by atoms with Crippen LogP contribution in [0.4, 0.5) is 0 Å². The van der Waals surface area contributed by atoms with Crippen molar-refractivity contribution in [2.45, 2.75) is 272 Å². The number of halogens is 1. The number of hydrogen-bond acceptors (Lipinski definition) is 0. The van der Waals surface area contributed by atoms with Gasteiger partial charge in [-0.2, -0.15) is 0 Å². The Morgan fingerprint density at radius 3 is 0.500 bits per heavy atom. The molecule has 0 aliphatic rings. The van der Waals surface area contributed by atoms with E-state index >= 15 is 0 Å². The molecule has 0 radical (unpaired) electrons. The molecule has 0 N–H and O–H groups in total. The molecule has 2 heteroatoms. The predicted molar refractivity (Wildman–Crippen MR) is 225 cm³/mol. The highest BCUT2D eigenvalue weighted by Gasteiger charge is 2.34. The van der Waals surface area contributed by atoms with E-state index in [1.54, 1.807) is 37.5 Å². The van der Waals surface area contributed by atoms with Crippen molar-refractivity contribution in [2.75, 3.05) is 24.6 Å². The summed E-state index contributed by atoms with van der Waals surface area (Å²) >= 11 is 0. The molecule has 0 amide bonds. The third kappa shape index (κ3) is 38.1. The van der Waals surface area contributed by atoms with Gasteiger partial charge in [0, 0.05) is 7.26 Å². The molecule has 0 unspecified atom stereocenters. The molecule has 292 valence electrons. The third-order valence-corrected chi connectivity index (χ3v) is 16.5. The zero-order valence-corrected chi connectivity index (χ0v) is 37.0. The molecule has 0 bridgehead atoms. The van der Waals surface area contributed by atoms with E-state index in [4.69, 9.17) is 0 Å². The largest absolute Gasteiger partial charge is 1.00 e. The summed E-state index contributed by atoms with van der Waals surface area (Å²) in [5, 5.41) is 0. The number of unbranched alkanes of at least 4 members (excludes halogenated alkanes) is 34. The number of hydrogen-bond donors (Lipinski definition) is 0. The van der Waals surface area contributed by atoms with Crippen LogP contribution in [0.2, 0.25) is 0 Å². The topological polar surface area (TPSA) is 0 Å². The van der Waals surface area contributed by atoms with Gasteiger partial charge in [-0.3, -0.25) is 0 Å². The third-order valence-electron chi connectivity index (χ3n) is 11.4. The second kappa shape index (κ2) is 44.1. The number of rotatable bonds is 42. The molecule has 0 spiro atoms. The molecule has 0 heterocycles. The predicted octanol–water partition coefficient (Wildman–Crippen LogP) is 14.9. The van der Waals surface area contributed by atoms with Crippen molar-refractivity contribution >= 4 is 7.26 Å². The monoisotopic (exact) mass is 759 g/mol. The highest BCUT2D eigenvalue weighted by atomic mass is 79.9. The van der Waals surface area contributed by atoms with Gasteiger partial charge in [0.1, 0.15) is 0 Å². The fourth-order valence-corrected chi connectivity index (χ4v) is 13.0. The van der Waals surface area contributed by atoms with E-state index in [9.17, 15) is 0 Å². The van der Waals surface area contributed by atoms with Crippen LogP contribution in [0.5, 0.6) is 0 Å². The smallest absolute Gasteiger partial charge is 0.0594 e. The summed E-state index contributed by atoms with van der Waals surface area (Å²) in [6.45, 7) is 9.45. The van der Waals surface area contributed by atoms with Gasteiger partial charge in [0.2, 0.25) is 0 Å². The first kappa shape index (κ1) is 51.0. The van der Waals surface area contributed by atoms with E-state index in [0.29, 0.717) is 0 Å². The minimum atomic E-state index is -0.732. The van der Waals surface area contributed by atoms with Gasteiger partial charge in [-0.1, -0.05) is 233 Å². The Morgan fingerprint density at radius 2 is 0.312 bits per heavy atom. The maximum atomic E-state index is 2.41. The van der Waals surface area contributed by atoms with Crippen LogP contribution in [0.15, 0.2) is 0 Å². The molecule has 0 aromatic carbocycles. The SMILES string of the molecule is CCCCCCCCCCCCCCCCCC[P+](CCCCC)(CCCCC)CCCCCCCCCCCCCCCCCC.[Br-]. The molecule has 0 aromatic heterocycles. The lowest BCUT2D eigenvalue weighted by Gasteiger charge is -2.28. The van der Waals surface area contributed by atoms with Gasteiger partial charge in [0.25, 0.3) is 0 Å². The summed E-state index contributed by atoms with van der Waals surface area (Å²) < 4.78 is 0. The van der Waals surface area contributed by atoms with Crippen molar-refractivity contribution in [1.82, 2.24) is 0 Å². The second-order valence-electron chi connectivity index (χ2n) is 16.3. The Labute approximate surface area is 319 Å². The van der Waals surface area contributed by atoms with Gasteiger partial charge in [0.15, 0.2) is 0 Å². The van der Waals surface area contributed by atoms with Gasteiger partial charge in [0.05, 0.1) is 24.6 Å². The van der Waals surface area contributed by atoms with Crippen molar-refractivity contribution in [3.63, 3.8) is 0 Å². The summed E-state index contributed by atoms with van der Waals surface area (Å²) in [6.07, 6.45) is 63.1. The molecule has 0 aliphatic carbocycles. The zero-order valence-electron chi connectivity index (χ0n) is 34.5. The minimum absolute atomic E-state index is 0. The Balaban J connectivity index is 0. The van der Waals surface area contributed by atoms with Crippen LogP contribution in [0.1, 0.15) is 272 Å². The van der Waals surface area contributed by atoms with Gasteiger partial charge in [-0.15, -0.1) is 0 Å². The molecular formula is C46H96BrP. The van der Waals surface area contributed by atoms with Crippen molar-refractivity contribution in [1.29, 1.82) is 0 Å². The molecule has 0 aromatic rings. The molecular weight excluding hydrogens is 663 g/mol. The van der Waals surface area contributed by atoms with Crippen molar-refractivity contribution < 1.29 is 17.0 Å². The highest BCUT2D eigenvalue weighted by Crippen LogP contribution is 2.61. The first-order chi connectivity index (χ1) is 23.2. The first-order valence-electron chi connectivity index (χ1n) is 23.1. The molecule has 48 heavy (non-hydrogen) atoms. The Hall–Kier alpha value is 0.910. The van der Waals surface area contributed by atoms with E-state index in [1.807, 2.05) is 0 Å². The van der Waals surface area contributed by atoms with Crippen LogP contribution < -0.4 is 17.0 Å². The Kier molecular flexibility index (Phi) is 46.8. The van der Waals surface area contributed by atoms with E-state index in [0.717, 1.165) is 0 Å². The van der Waals surface area contributed by atoms with Crippen molar-refractivity contribution in [3.05, 3.63) is 0 Å². The summed E-state index contributed by atoms with van der Waals surface area (Å²) in [7, 11) is -0.732. The van der Waals surface area contributed by atoms with Gasteiger partial charge in [-0.25, -0.2) is 0 Å². The van der Waals surface area contributed by atoms with Crippen molar-refractivity contribution in [2.24, 2.45) is 0 Å². The average Bonchev–Trinajstić information content (AvgIpc) is 3.08. The van der Waals surface area contributed by atoms with Crippen LogP contribution in [0.25, 0.3) is 0 Å². The summed E-state index contributed by atoms with van der Waals surface area (Å²) in [5.41, 5.74) is 0. The quantitative estimate of drug-likeness (QED) is 0.0429. The lowest BCUT2D eigenvalue weighted by Crippen LogP contribution is -3.00. The maximum absolute atomic E-state index is 2.41. The van der Waals surface area contributed by atoms with Crippen LogP contribution >= 0.6 is 7.26 Å². The van der Waals surface area contributed by atoms with Crippen LogP contribution in [-0.4, -0.2) is 24.6 Å². The van der Waals surface area contributed by atoms with Gasteiger partial charge in [-0.05, 0) is 38.5 Å². The minimum Gasteiger partial charge on any atom is -1.00 e. The van der Waals surface area contributed by atoms with E-state index in [2.05, 4.69) is 27.7 Å². The fourth-order valence-electron chi connectivity index (χ4n) is 8.06. The first-order valence-corrected chi connectivity index (χ1v) is 25.6. The van der Waals surface area contributed by atoms with E-state index < -0.39 is 7.26 Å². The fraction of sp³-hybridized carbons (Fsp3) is 1.00. The lowest BCUT2D eigenvalue weighted by molar-refractivity contribution is -0.0000106. The molecule has 0 aliphatic heterocycles. The van der Waals surface area contributed by atoms with Gasteiger partial charge < -0.3 is 17.0 Å². The molecule has 0 saturated heterocycles. The molecule has 0 atom stereocenters. The highest BCUT2D eigenvalue weighted by molar-refractivity contribution is 7.75. The summed E-state index contributed by atoms with van der Waals surface area (Å²) in [6, 6.07) is 0. The van der Waals surface area contributed by atoms with Gasteiger partial charge >= 0.3 is 0 Å². The normalized spacial score (nSPS) is 11.8. The van der Waals surface area contributed by atoms with Crippen molar-refractivity contribution in [3.8, 4) is 0 Å². The molecule has 0 nitrogen and oxygen atoms in total. The second-order valence-corrected chi connectivity index (χ2v) is 20.7. The zero-order chi connectivity index (χ0) is 34.2. The van der Waals surface area contributed by atoms with Crippen LogP contribution in [0, 0.1) is 0 Å². The average molecular weight is 760 g/mol. The van der Waals surface area contributed by atoms with Crippen LogP contribution in [-0.2, 0) is 0 Å². The van der Waals surface area contributed by atoms with Crippen LogP contribution in [0.3, 0.4) is 0 Å². The summed E-state index contributed by atoms with van der Waals surface area (Å²) in [4.78, 5) is 0. The molecule has 0 rings (SSSR count). The summed E-state index contributed by atoms with van der Waals surface area (Å²) in [5.74, 6) is 0.